The highest BCUT2D eigenvalue weighted by Crippen LogP contribution is 2.34. The first-order valence-corrected chi connectivity index (χ1v) is 6.05. The third-order valence-corrected chi connectivity index (χ3v) is 3.50. The zero-order chi connectivity index (χ0) is 12.5. The molecule has 1 fully saturated rings. The lowest BCUT2D eigenvalue weighted by molar-refractivity contribution is 0.0696. The minimum absolute atomic E-state index is 0.0291. The van der Waals surface area contributed by atoms with E-state index in [0.717, 1.165) is 12.8 Å². The van der Waals surface area contributed by atoms with Crippen molar-refractivity contribution in [2.24, 2.45) is 0 Å². The third-order valence-electron chi connectivity index (χ3n) is 3.22. The maximum atomic E-state index is 10.8. The van der Waals surface area contributed by atoms with Gasteiger partial charge in [0.15, 0.2) is 0 Å². The van der Waals surface area contributed by atoms with E-state index in [4.69, 9.17) is 16.7 Å². The van der Waals surface area contributed by atoms with Gasteiger partial charge in [0.2, 0.25) is 0 Å². The molecule has 0 radical (unpaired) electrons. The van der Waals surface area contributed by atoms with E-state index in [1.807, 2.05) is 0 Å². The van der Waals surface area contributed by atoms with Crippen LogP contribution in [0.15, 0.2) is 12.3 Å². The summed E-state index contributed by atoms with van der Waals surface area (Å²) in [6.45, 7) is 2.14. The van der Waals surface area contributed by atoms with E-state index < -0.39 is 5.97 Å². The molecule has 2 rings (SSSR count). The number of carboxylic acids is 1. The zero-order valence-electron chi connectivity index (χ0n) is 9.66. The molecule has 1 aromatic heterocycles. The average Bonchev–Trinajstić information content (AvgIpc) is 2.68. The molecule has 0 aliphatic heterocycles. The largest absolute Gasteiger partial charge is 0.478 e. The molecule has 1 saturated carbocycles. The highest BCUT2D eigenvalue weighted by Gasteiger charge is 2.29. The normalized spacial score (nSPS) is 18.0. The van der Waals surface area contributed by atoms with Crippen LogP contribution in [-0.4, -0.2) is 21.6 Å². The summed E-state index contributed by atoms with van der Waals surface area (Å²) >= 11 is 6.03. The van der Waals surface area contributed by atoms with Crippen LogP contribution < -0.4 is 5.32 Å². The average molecular weight is 255 g/mol. The van der Waals surface area contributed by atoms with Gasteiger partial charge in [0.25, 0.3) is 0 Å². The number of halogens is 1. The number of aromatic nitrogens is 1. The van der Waals surface area contributed by atoms with Gasteiger partial charge in [-0.2, -0.15) is 0 Å². The highest BCUT2D eigenvalue weighted by molar-refractivity contribution is 6.33. The second-order valence-electron chi connectivity index (χ2n) is 4.75. The van der Waals surface area contributed by atoms with Crippen LogP contribution >= 0.6 is 11.6 Å². The van der Waals surface area contributed by atoms with Crippen molar-refractivity contribution >= 4 is 23.4 Å². The summed E-state index contributed by atoms with van der Waals surface area (Å²) in [6.07, 6.45) is 5.91. The van der Waals surface area contributed by atoms with Gasteiger partial charge in [-0.3, -0.25) is 0 Å². The van der Waals surface area contributed by atoms with Crippen LogP contribution in [-0.2, 0) is 0 Å². The molecular weight excluding hydrogens is 240 g/mol. The van der Waals surface area contributed by atoms with Crippen molar-refractivity contribution < 1.29 is 9.90 Å². The van der Waals surface area contributed by atoms with E-state index in [0.29, 0.717) is 10.8 Å². The lowest BCUT2D eigenvalue weighted by Crippen LogP contribution is -2.31. The Morgan fingerprint density at radius 2 is 2.18 bits per heavy atom. The number of hydrogen-bond donors (Lipinski definition) is 2. The summed E-state index contributed by atoms with van der Waals surface area (Å²) in [5.41, 5.74) is 0.138. The third kappa shape index (κ3) is 2.69. The first-order valence-electron chi connectivity index (χ1n) is 5.67. The minimum Gasteiger partial charge on any atom is -0.478 e. The van der Waals surface area contributed by atoms with Crippen molar-refractivity contribution in [2.45, 2.75) is 38.1 Å². The van der Waals surface area contributed by atoms with Gasteiger partial charge in [-0.1, -0.05) is 24.4 Å². The fourth-order valence-electron chi connectivity index (χ4n) is 2.21. The molecular formula is C12H15ClN2O2. The van der Waals surface area contributed by atoms with Gasteiger partial charge >= 0.3 is 5.97 Å². The number of pyridine rings is 1. The van der Waals surface area contributed by atoms with Gasteiger partial charge in [0, 0.05) is 11.7 Å². The molecule has 1 aromatic rings. The Balaban J connectivity index is 2.19. The summed E-state index contributed by atoms with van der Waals surface area (Å²) < 4.78 is 0. The summed E-state index contributed by atoms with van der Waals surface area (Å²) in [5.74, 6) is -0.445. The van der Waals surface area contributed by atoms with Crippen LogP contribution in [0.3, 0.4) is 0 Å². The Bertz CT molecular complexity index is 442. The van der Waals surface area contributed by atoms with E-state index in [-0.39, 0.29) is 11.1 Å². The summed E-state index contributed by atoms with van der Waals surface area (Å²) in [4.78, 5) is 14.8. The molecule has 5 heteroatoms. The molecule has 0 spiro atoms. The minimum atomic E-state index is -1.02. The second kappa shape index (κ2) is 4.53. The fourth-order valence-corrected chi connectivity index (χ4v) is 2.43. The van der Waals surface area contributed by atoms with E-state index in [1.165, 1.54) is 25.1 Å². The molecule has 0 saturated heterocycles. The highest BCUT2D eigenvalue weighted by atomic mass is 35.5. The van der Waals surface area contributed by atoms with Gasteiger partial charge in [-0.25, -0.2) is 9.78 Å². The molecule has 0 aromatic carbocycles. The Morgan fingerprint density at radius 1 is 1.53 bits per heavy atom. The molecule has 2 N–H and O–H groups in total. The Hall–Kier alpha value is -1.29. The van der Waals surface area contributed by atoms with Crippen LogP contribution in [0, 0.1) is 0 Å². The molecule has 0 bridgehead atoms. The Morgan fingerprint density at radius 3 is 2.71 bits per heavy atom. The van der Waals surface area contributed by atoms with E-state index in [1.54, 1.807) is 0 Å². The summed E-state index contributed by atoms with van der Waals surface area (Å²) in [7, 11) is 0. The fraction of sp³-hybridized carbons (Fsp3) is 0.500. The molecule has 0 atom stereocenters. The van der Waals surface area contributed by atoms with Crippen molar-refractivity contribution in [1.82, 2.24) is 4.98 Å². The van der Waals surface area contributed by atoms with Crippen LogP contribution in [0.25, 0.3) is 0 Å². The van der Waals surface area contributed by atoms with E-state index in [2.05, 4.69) is 17.2 Å². The Labute approximate surface area is 105 Å². The topological polar surface area (TPSA) is 62.2 Å². The molecule has 1 aliphatic carbocycles. The number of nitrogens with zero attached hydrogens (tertiary/aromatic N) is 1. The predicted molar refractivity (Wildman–Crippen MR) is 66.7 cm³/mol. The maximum Gasteiger partial charge on any atom is 0.337 e. The number of hydrogen-bond acceptors (Lipinski definition) is 3. The maximum absolute atomic E-state index is 10.8. The number of rotatable bonds is 3. The van der Waals surface area contributed by atoms with Crippen LogP contribution in [0.2, 0.25) is 5.02 Å². The van der Waals surface area contributed by atoms with Crippen molar-refractivity contribution in [3.63, 3.8) is 0 Å². The standard InChI is InChI=1S/C12H15ClN2O2/c1-12(4-2-3-5-12)15-10-9(13)6-8(7-14-10)11(16)17/h6-7H,2-5H2,1H3,(H,14,15)(H,16,17). The number of carbonyl (C=O) groups is 1. The number of aromatic carboxylic acids is 1. The molecule has 1 heterocycles. The number of carboxylic acid groups (broad SMARTS) is 1. The van der Waals surface area contributed by atoms with Gasteiger partial charge in [0.05, 0.1) is 10.6 Å². The summed E-state index contributed by atoms with van der Waals surface area (Å²) in [6, 6.07) is 1.43. The zero-order valence-corrected chi connectivity index (χ0v) is 10.4. The van der Waals surface area contributed by atoms with Gasteiger partial charge in [-0.05, 0) is 25.8 Å². The van der Waals surface area contributed by atoms with Crippen LogP contribution in [0.1, 0.15) is 43.0 Å². The first-order chi connectivity index (χ1) is 8.00. The molecule has 0 amide bonds. The van der Waals surface area contributed by atoms with Crippen molar-refractivity contribution in [3.8, 4) is 0 Å². The van der Waals surface area contributed by atoms with Crippen molar-refractivity contribution in [1.29, 1.82) is 0 Å². The van der Waals surface area contributed by atoms with Crippen molar-refractivity contribution in [3.05, 3.63) is 22.8 Å². The summed E-state index contributed by atoms with van der Waals surface area (Å²) in [5, 5.41) is 12.5. The van der Waals surface area contributed by atoms with Crippen LogP contribution in [0.5, 0.6) is 0 Å². The quantitative estimate of drug-likeness (QED) is 0.870. The Kier molecular flexibility index (Phi) is 3.24. The second-order valence-corrected chi connectivity index (χ2v) is 5.16. The van der Waals surface area contributed by atoms with Crippen LogP contribution in [0.4, 0.5) is 5.82 Å². The molecule has 1 aliphatic rings. The van der Waals surface area contributed by atoms with Gasteiger partial charge in [-0.15, -0.1) is 0 Å². The molecule has 4 nitrogen and oxygen atoms in total. The van der Waals surface area contributed by atoms with E-state index in [9.17, 15) is 4.79 Å². The molecule has 92 valence electrons. The predicted octanol–water partition coefficient (Wildman–Crippen LogP) is 3.18. The van der Waals surface area contributed by atoms with Crippen molar-refractivity contribution in [2.75, 3.05) is 5.32 Å². The monoisotopic (exact) mass is 254 g/mol. The lowest BCUT2D eigenvalue weighted by atomic mass is 10.0. The lowest BCUT2D eigenvalue weighted by Gasteiger charge is -2.26. The first kappa shape index (κ1) is 12.2. The smallest absolute Gasteiger partial charge is 0.337 e. The van der Waals surface area contributed by atoms with E-state index >= 15 is 0 Å². The SMILES string of the molecule is CC1(Nc2ncc(C(=O)O)cc2Cl)CCCC1. The number of nitrogens with one attached hydrogen (secondary N) is 1. The molecule has 17 heavy (non-hydrogen) atoms. The molecule has 0 unspecified atom stereocenters. The van der Waals surface area contributed by atoms with Gasteiger partial charge in [0.1, 0.15) is 5.82 Å². The van der Waals surface area contributed by atoms with Gasteiger partial charge < -0.3 is 10.4 Å². The number of anilines is 1.